The molecule has 0 spiro atoms. The minimum absolute atomic E-state index is 0.0838. The van der Waals surface area contributed by atoms with E-state index in [4.69, 9.17) is 0 Å². The van der Waals surface area contributed by atoms with Gasteiger partial charge in [0.25, 0.3) is 0 Å². The molecule has 2 nitrogen and oxygen atoms in total. The second-order valence-corrected chi connectivity index (χ2v) is 6.18. The molecule has 0 saturated heterocycles. The van der Waals surface area contributed by atoms with Gasteiger partial charge in [0, 0.05) is 6.54 Å². The summed E-state index contributed by atoms with van der Waals surface area (Å²) in [6.45, 7) is 0.718. The van der Waals surface area contributed by atoms with E-state index in [1.165, 1.54) is 16.7 Å². The van der Waals surface area contributed by atoms with Crippen molar-refractivity contribution < 1.29 is 4.79 Å². The molecule has 0 aliphatic carbocycles. The van der Waals surface area contributed by atoms with E-state index in [9.17, 15) is 4.79 Å². The Labute approximate surface area is 149 Å². The first kappa shape index (κ1) is 17.0. The van der Waals surface area contributed by atoms with Crippen LogP contribution in [0.25, 0.3) is 11.1 Å². The van der Waals surface area contributed by atoms with Gasteiger partial charge in [0.05, 0.1) is 6.42 Å². The summed E-state index contributed by atoms with van der Waals surface area (Å²) in [7, 11) is 0. The number of hydrogen-bond acceptors (Lipinski definition) is 1. The lowest BCUT2D eigenvalue weighted by atomic mass is 10.0. The Morgan fingerprint density at radius 1 is 0.680 bits per heavy atom. The van der Waals surface area contributed by atoms with E-state index >= 15 is 0 Å². The highest BCUT2D eigenvalue weighted by molar-refractivity contribution is 5.78. The number of hydrogen-bond donors (Lipinski definition) is 1. The Hall–Kier alpha value is -2.87. The minimum Gasteiger partial charge on any atom is -0.356 e. The van der Waals surface area contributed by atoms with Gasteiger partial charge in [0.15, 0.2) is 0 Å². The second kappa shape index (κ2) is 8.84. The predicted octanol–water partition coefficient (Wildman–Crippen LogP) is 4.65. The van der Waals surface area contributed by atoms with Crippen LogP contribution in [0.5, 0.6) is 0 Å². The van der Waals surface area contributed by atoms with Crippen molar-refractivity contribution in [2.75, 3.05) is 6.54 Å². The molecule has 3 rings (SSSR count). The molecule has 0 unspecified atom stereocenters. The van der Waals surface area contributed by atoms with Gasteiger partial charge in [0.2, 0.25) is 5.91 Å². The first-order chi connectivity index (χ1) is 12.3. The molecule has 1 N–H and O–H groups in total. The van der Waals surface area contributed by atoms with Gasteiger partial charge in [-0.2, -0.15) is 0 Å². The first-order valence-corrected chi connectivity index (χ1v) is 8.76. The zero-order chi connectivity index (χ0) is 17.3. The van der Waals surface area contributed by atoms with Gasteiger partial charge in [-0.05, 0) is 35.1 Å². The predicted molar refractivity (Wildman–Crippen MR) is 103 cm³/mol. The molecule has 0 aliphatic rings. The van der Waals surface area contributed by atoms with Crippen LogP contribution in [0.4, 0.5) is 0 Å². The van der Waals surface area contributed by atoms with Gasteiger partial charge < -0.3 is 5.32 Å². The monoisotopic (exact) mass is 329 g/mol. The molecule has 0 heterocycles. The van der Waals surface area contributed by atoms with Gasteiger partial charge in [-0.15, -0.1) is 0 Å². The van der Waals surface area contributed by atoms with Gasteiger partial charge >= 0.3 is 0 Å². The van der Waals surface area contributed by atoms with Crippen molar-refractivity contribution in [1.82, 2.24) is 5.32 Å². The van der Waals surface area contributed by atoms with Crippen molar-refractivity contribution >= 4 is 5.91 Å². The fourth-order valence-electron chi connectivity index (χ4n) is 2.86. The van der Waals surface area contributed by atoms with Crippen molar-refractivity contribution in [2.45, 2.75) is 19.3 Å². The molecule has 3 aromatic carbocycles. The molecule has 0 saturated carbocycles. The standard InChI is InChI=1S/C23H23NO/c25-23(24-17-7-10-19-8-3-1-4-9-19)18-20-13-15-22(16-14-20)21-11-5-2-6-12-21/h1-6,8-9,11-16H,7,10,17-18H2,(H,24,25). The Balaban J connectivity index is 1.43. The van der Waals surface area contributed by atoms with E-state index in [1.807, 2.05) is 48.5 Å². The van der Waals surface area contributed by atoms with Crippen LogP contribution >= 0.6 is 0 Å². The van der Waals surface area contributed by atoms with E-state index in [2.05, 4.69) is 41.7 Å². The summed E-state index contributed by atoms with van der Waals surface area (Å²) in [6, 6.07) is 28.8. The highest BCUT2D eigenvalue weighted by Crippen LogP contribution is 2.19. The van der Waals surface area contributed by atoms with Gasteiger partial charge in [0.1, 0.15) is 0 Å². The van der Waals surface area contributed by atoms with Crippen LogP contribution in [0.1, 0.15) is 17.5 Å². The molecule has 0 aliphatic heterocycles. The van der Waals surface area contributed by atoms with Crippen LogP contribution in [0.2, 0.25) is 0 Å². The normalized spacial score (nSPS) is 10.4. The SMILES string of the molecule is O=C(Cc1ccc(-c2ccccc2)cc1)NCCCc1ccccc1. The molecule has 1 amide bonds. The molecule has 126 valence electrons. The number of carbonyl (C=O) groups is 1. The Kier molecular flexibility index (Phi) is 6.00. The van der Waals surface area contributed by atoms with Crippen LogP contribution in [0, 0.1) is 0 Å². The fraction of sp³-hybridized carbons (Fsp3) is 0.174. The van der Waals surface area contributed by atoms with E-state index in [0.29, 0.717) is 6.42 Å². The van der Waals surface area contributed by atoms with Crippen molar-refractivity contribution in [2.24, 2.45) is 0 Å². The maximum absolute atomic E-state index is 12.1. The van der Waals surface area contributed by atoms with Crippen molar-refractivity contribution in [3.05, 3.63) is 96.1 Å². The van der Waals surface area contributed by atoms with Crippen molar-refractivity contribution in [3.63, 3.8) is 0 Å². The van der Waals surface area contributed by atoms with Crippen molar-refractivity contribution in [1.29, 1.82) is 0 Å². The first-order valence-electron chi connectivity index (χ1n) is 8.76. The lowest BCUT2D eigenvalue weighted by molar-refractivity contribution is -0.120. The summed E-state index contributed by atoms with van der Waals surface area (Å²) in [5, 5.41) is 3.01. The molecule has 0 fully saturated rings. The number of nitrogens with one attached hydrogen (secondary N) is 1. The van der Waals surface area contributed by atoms with Crippen LogP contribution < -0.4 is 5.32 Å². The lowest BCUT2D eigenvalue weighted by Crippen LogP contribution is -2.26. The average molecular weight is 329 g/mol. The molecule has 0 radical (unpaired) electrons. The van der Waals surface area contributed by atoms with E-state index < -0.39 is 0 Å². The lowest BCUT2D eigenvalue weighted by Gasteiger charge is -2.07. The maximum atomic E-state index is 12.1. The molecule has 0 aromatic heterocycles. The van der Waals surface area contributed by atoms with Gasteiger partial charge in [-0.25, -0.2) is 0 Å². The fourth-order valence-corrected chi connectivity index (χ4v) is 2.86. The molecular weight excluding hydrogens is 306 g/mol. The summed E-state index contributed by atoms with van der Waals surface area (Å²) in [5.41, 5.74) is 4.72. The highest BCUT2D eigenvalue weighted by atomic mass is 16.1. The zero-order valence-electron chi connectivity index (χ0n) is 14.3. The summed E-state index contributed by atoms with van der Waals surface area (Å²) in [4.78, 5) is 12.1. The number of amides is 1. The zero-order valence-corrected chi connectivity index (χ0v) is 14.3. The van der Waals surface area contributed by atoms with Gasteiger partial charge in [-0.3, -0.25) is 4.79 Å². The van der Waals surface area contributed by atoms with Crippen LogP contribution in [-0.2, 0) is 17.6 Å². The molecule has 3 aromatic rings. The third-order valence-electron chi connectivity index (χ3n) is 4.23. The van der Waals surface area contributed by atoms with Crippen LogP contribution in [-0.4, -0.2) is 12.5 Å². The number of aryl methyl sites for hydroxylation is 1. The quantitative estimate of drug-likeness (QED) is 0.628. The maximum Gasteiger partial charge on any atom is 0.224 e. The topological polar surface area (TPSA) is 29.1 Å². The van der Waals surface area contributed by atoms with E-state index in [0.717, 1.165) is 24.9 Å². The van der Waals surface area contributed by atoms with Gasteiger partial charge in [-0.1, -0.05) is 84.9 Å². The summed E-state index contributed by atoms with van der Waals surface area (Å²) in [5.74, 6) is 0.0838. The smallest absolute Gasteiger partial charge is 0.224 e. The average Bonchev–Trinajstić information content (AvgIpc) is 2.67. The Morgan fingerprint density at radius 3 is 1.96 bits per heavy atom. The third-order valence-corrected chi connectivity index (χ3v) is 4.23. The molecule has 2 heteroatoms. The third kappa shape index (κ3) is 5.32. The van der Waals surface area contributed by atoms with Crippen LogP contribution in [0.3, 0.4) is 0 Å². The molecule has 0 atom stereocenters. The summed E-state index contributed by atoms with van der Waals surface area (Å²) < 4.78 is 0. The van der Waals surface area contributed by atoms with E-state index in [-0.39, 0.29) is 5.91 Å². The largest absolute Gasteiger partial charge is 0.356 e. The van der Waals surface area contributed by atoms with Crippen molar-refractivity contribution in [3.8, 4) is 11.1 Å². The number of benzene rings is 3. The van der Waals surface area contributed by atoms with E-state index in [1.54, 1.807) is 0 Å². The summed E-state index contributed by atoms with van der Waals surface area (Å²) in [6.07, 6.45) is 2.38. The minimum atomic E-state index is 0.0838. The number of carbonyl (C=O) groups excluding carboxylic acids is 1. The molecule has 25 heavy (non-hydrogen) atoms. The van der Waals surface area contributed by atoms with Crippen LogP contribution in [0.15, 0.2) is 84.9 Å². The Morgan fingerprint density at radius 2 is 1.28 bits per heavy atom. The molecular formula is C23H23NO. The number of rotatable bonds is 7. The second-order valence-electron chi connectivity index (χ2n) is 6.18. The highest BCUT2D eigenvalue weighted by Gasteiger charge is 2.04. The summed E-state index contributed by atoms with van der Waals surface area (Å²) >= 11 is 0. The molecule has 0 bridgehead atoms. The Bertz CT molecular complexity index is 779.